The highest BCUT2D eigenvalue weighted by atomic mass is 15.1. The van der Waals surface area contributed by atoms with Crippen molar-refractivity contribution in [3.05, 3.63) is 175 Å². The number of hydrogen-bond acceptors (Lipinski definition) is 4. The Morgan fingerprint density at radius 2 is 1.04 bits per heavy atom. The third kappa shape index (κ3) is 5.53. The molecule has 0 saturated carbocycles. The van der Waals surface area contributed by atoms with Crippen LogP contribution in [0.2, 0.25) is 0 Å². The van der Waals surface area contributed by atoms with E-state index >= 15 is 0 Å². The minimum atomic E-state index is 0.598. The summed E-state index contributed by atoms with van der Waals surface area (Å²) in [5, 5.41) is 2.38. The second-order valence-corrected chi connectivity index (χ2v) is 13.4. The van der Waals surface area contributed by atoms with Gasteiger partial charge in [-0.1, -0.05) is 121 Å². The Morgan fingerprint density at radius 1 is 0.442 bits per heavy atom. The molecule has 3 heterocycles. The van der Waals surface area contributed by atoms with Crippen LogP contribution in [0.4, 0.5) is 0 Å². The summed E-state index contributed by atoms with van der Waals surface area (Å²) >= 11 is 0. The lowest BCUT2D eigenvalue weighted by Gasteiger charge is -2.17. The standard InChI is InChI=1S/C47H35N5/c1-30-25-31(2)44(32(3)26-30)36-20-22-39-38-18-10-11-19-41(38)52(43(39)28-36)42-23-21-35(37-17-12-24-48-29-37)27-40(42)47-50-45(33-13-6-4-7-14-33)49-46(51-47)34-15-8-5-9-16-34/h4-29H,1-3H3. The van der Waals surface area contributed by atoms with Gasteiger partial charge < -0.3 is 4.57 Å². The molecule has 6 aromatic carbocycles. The molecule has 9 aromatic rings. The molecule has 0 saturated heterocycles. The van der Waals surface area contributed by atoms with Crippen molar-refractivity contribution < 1.29 is 0 Å². The van der Waals surface area contributed by atoms with Gasteiger partial charge in [-0.25, -0.2) is 15.0 Å². The SMILES string of the molecule is Cc1cc(C)c(-c2ccc3c4ccccc4n(-c4ccc(-c5cccnc5)cc4-c4nc(-c5ccccc5)nc(-c5ccccc5)n4)c3c2)c(C)c1. The van der Waals surface area contributed by atoms with Gasteiger partial charge in [-0.2, -0.15) is 0 Å². The summed E-state index contributed by atoms with van der Waals surface area (Å²) in [6.07, 6.45) is 3.70. The molecule has 0 aliphatic carbocycles. The maximum absolute atomic E-state index is 5.21. The van der Waals surface area contributed by atoms with E-state index in [4.69, 9.17) is 15.0 Å². The van der Waals surface area contributed by atoms with Gasteiger partial charge in [0.15, 0.2) is 17.5 Å². The van der Waals surface area contributed by atoms with Gasteiger partial charge in [-0.3, -0.25) is 4.98 Å². The molecule has 0 aliphatic heterocycles. The molecular formula is C47H35N5. The zero-order chi connectivity index (χ0) is 35.2. The number of pyridine rings is 1. The van der Waals surface area contributed by atoms with Gasteiger partial charge in [0.05, 0.1) is 16.7 Å². The van der Waals surface area contributed by atoms with Gasteiger partial charge in [-0.15, -0.1) is 0 Å². The van der Waals surface area contributed by atoms with E-state index in [0.29, 0.717) is 17.5 Å². The van der Waals surface area contributed by atoms with Gasteiger partial charge in [0, 0.05) is 45.4 Å². The van der Waals surface area contributed by atoms with Crippen molar-refractivity contribution in [2.24, 2.45) is 0 Å². The molecule has 0 spiro atoms. The maximum Gasteiger partial charge on any atom is 0.166 e. The largest absolute Gasteiger partial charge is 0.308 e. The van der Waals surface area contributed by atoms with Crippen molar-refractivity contribution in [2.45, 2.75) is 20.8 Å². The summed E-state index contributed by atoms with van der Waals surface area (Å²) < 4.78 is 2.38. The van der Waals surface area contributed by atoms with E-state index in [1.807, 2.05) is 72.9 Å². The van der Waals surface area contributed by atoms with E-state index in [-0.39, 0.29) is 0 Å². The van der Waals surface area contributed by atoms with Gasteiger partial charge in [0.1, 0.15) is 0 Å². The average Bonchev–Trinajstić information content (AvgIpc) is 3.51. The van der Waals surface area contributed by atoms with E-state index in [0.717, 1.165) is 44.5 Å². The highest BCUT2D eigenvalue weighted by Crippen LogP contribution is 2.40. The quantitative estimate of drug-likeness (QED) is 0.177. The lowest BCUT2D eigenvalue weighted by atomic mass is 9.93. The predicted molar refractivity (Wildman–Crippen MR) is 213 cm³/mol. The third-order valence-electron chi connectivity index (χ3n) is 9.81. The molecule has 0 aliphatic rings. The molecule has 0 N–H and O–H groups in total. The van der Waals surface area contributed by atoms with Gasteiger partial charge in [0.25, 0.3) is 0 Å². The molecule has 5 nitrogen and oxygen atoms in total. The molecule has 5 heteroatoms. The molecule has 52 heavy (non-hydrogen) atoms. The lowest BCUT2D eigenvalue weighted by Crippen LogP contribution is -2.04. The maximum atomic E-state index is 5.21. The molecule has 0 atom stereocenters. The summed E-state index contributed by atoms with van der Waals surface area (Å²) in [5.41, 5.74) is 14.3. The Kier molecular flexibility index (Phi) is 7.74. The molecule has 0 radical (unpaired) electrons. The Balaban J connectivity index is 1.36. The van der Waals surface area contributed by atoms with Crippen LogP contribution in [0.15, 0.2) is 158 Å². The van der Waals surface area contributed by atoms with Crippen molar-refractivity contribution >= 4 is 21.8 Å². The zero-order valence-corrected chi connectivity index (χ0v) is 29.2. The molecule has 9 rings (SSSR count). The van der Waals surface area contributed by atoms with Crippen molar-refractivity contribution in [1.82, 2.24) is 24.5 Å². The number of benzene rings is 6. The first-order valence-corrected chi connectivity index (χ1v) is 17.6. The summed E-state index contributed by atoms with van der Waals surface area (Å²) in [4.78, 5) is 19.9. The monoisotopic (exact) mass is 669 g/mol. The molecule has 0 amide bonds. The fourth-order valence-corrected chi connectivity index (χ4v) is 7.57. The van der Waals surface area contributed by atoms with E-state index < -0.39 is 0 Å². The number of para-hydroxylation sites is 1. The minimum absolute atomic E-state index is 0.598. The summed E-state index contributed by atoms with van der Waals surface area (Å²) in [6.45, 7) is 6.58. The first-order chi connectivity index (χ1) is 25.5. The summed E-state index contributed by atoms with van der Waals surface area (Å²) in [6, 6.07) is 51.0. The van der Waals surface area contributed by atoms with Crippen LogP contribution in [0, 0.1) is 20.8 Å². The van der Waals surface area contributed by atoms with Crippen LogP contribution in [0.5, 0.6) is 0 Å². The Hall–Kier alpha value is -6.72. The smallest absolute Gasteiger partial charge is 0.166 e. The lowest BCUT2D eigenvalue weighted by molar-refractivity contribution is 1.06. The van der Waals surface area contributed by atoms with Crippen LogP contribution >= 0.6 is 0 Å². The fourth-order valence-electron chi connectivity index (χ4n) is 7.57. The number of nitrogens with zero attached hydrogens (tertiary/aromatic N) is 5. The van der Waals surface area contributed by atoms with Crippen molar-refractivity contribution in [1.29, 1.82) is 0 Å². The van der Waals surface area contributed by atoms with Crippen molar-refractivity contribution in [3.63, 3.8) is 0 Å². The van der Waals surface area contributed by atoms with Gasteiger partial charge >= 0.3 is 0 Å². The predicted octanol–water partition coefficient (Wildman–Crippen LogP) is 11.6. The van der Waals surface area contributed by atoms with Crippen LogP contribution in [0.1, 0.15) is 16.7 Å². The van der Waals surface area contributed by atoms with E-state index in [1.54, 1.807) is 6.20 Å². The van der Waals surface area contributed by atoms with Crippen LogP contribution in [-0.4, -0.2) is 24.5 Å². The number of rotatable bonds is 6. The second kappa shape index (κ2) is 12.9. The summed E-state index contributed by atoms with van der Waals surface area (Å²) in [5.74, 6) is 1.84. The second-order valence-electron chi connectivity index (χ2n) is 13.4. The first-order valence-electron chi connectivity index (χ1n) is 17.6. The molecule has 0 fully saturated rings. The fraction of sp³-hybridized carbons (Fsp3) is 0.0638. The Bertz CT molecular complexity index is 2670. The molecule has 248 valence electrons. The van der Waals surface area contributed by atoms with Crippen LogP contribution < -0.4 is 0 Å². The van der Waals surface area contributed by atoms with Crippen molar-refractivity contribution in [3.8, 4) is 62.1 Å². The number of fused-ring (bicyclic) bond motifs is 3. The number of hydrogen-bond donors (Lipinski definition) is 0. The van der Waals surface area contributed by atoms with E-state index in [9.17, 15) is 0 Å². The average molecular weight is 670 g/mol. The topological polar surface area (TPSA) is 56.5 Å². The molecule has 3 aromatic heterocycles. The van der Waals surface area contributed by atoms with Crippen LogP contribution in [0.3, 0.4) is 0 Å². The molecular weight excluding hydrogens is 635 g/mol. The van der Waals surface area contributed by atoms with Crippen LogP contribution in [-0.2, 0) is 0 Å². The molecule has 0 bridgehead atoms. The van der Waals surface area contributed by atoms with Crippen molar-refractivity contribution in [2.75, 3.05) is 0 Å². The first kappa shape index (κ1) is 31.3. The number of aryl methyl sites for hydroxylation is 3. The van der Waals surface area contributed by atoms with E-state index in [2.05, 4.69) is 109 Å². The third-order valence-corrected chi connectivity index (χ3v) is 9.81. The Labute approximate surface area is 303 Å². The summed E-state index contributed by atoms with van der Waals surface area (Å²) in [7, 11) is 0. The highest BCUT2D eigenvalue weighted by molar-refractivity contribution is 6.11. The Morgan fingerprint density at radius 3 is 1.71 bits per heavy atom. The normalized spacial score (nSPS) is 11.4. The van der Waals surface area contributed by atoms with E-state index in [1.165, 1.54) is 38.6 Å². The van der Waals surface area contributed by atoms with Crippen LogP contribution in [0.25, 0.3) is 83.9 Å². The molecule has 0 unspecified atom stereocenters. The number of aromatic nitrogens is 5. The van der Waals surface area contributed by atoms with Gasteiger partial charge in [0.2, 0.25) is 0 Å². The van der Waals surface area contributed by atoms with Gasteiger partial charge in [-0.05, 0) is 78.9 Å². The zero-order valence-electron chi connectivity index (χ0n) is 29.2. The highest BCUT2D eigenvalue weighted by Gasteiger charge is 2.21. The minimum Gasteiger partial charge on any atom is -0.308 e.